The largest absolute Gasteiger partial charge is 0.354 e. The normalized spacial score (nSPS) is 10.5. The molecule has 116 valence electrons. The number of aromatic nitrogens is 1. The van der Waals surface area contributed by atoms with Crippen LogP contribution in [0.4, 0.5) is 11.4 Å². The first-order chi connectivity index (χ1) is 10.5. The summed E-state index contributed by atoms with van der Waals surface area (Å²) in [6.45, 7) is 1.39. The highest BCUT2D eigenvalue weighted by atomic mass is 35.5. The lowest BCUT2D eigenvalue weighted by atomic mass is 10.3. The Bertz CT molecular complexity index is 628. The van der Waals surface area contributed by atoms with E-state index in [9.17, 15) is 4.79 Å². The molecular formula is C16H19ClN4O. The Balaban J connectivity index is 1.93. The van der Waals surface area contributed by atoms with Crippen LogP contribution < -0.4 is 10.6 Å². The van der Waals surface area contributed by atoms with E-state index in [2.05, 4.69) is 15.6 Å². The molecule has 0 spiro atoms. The second-order valence-electron chi connectivity index (χ2n) is 5.13. The van der Waals surface area contributed by atoms with Crippen LogP contribution in [0.15, 0.2) is 42.6 Å². The fourth-order valence-electron chi connectivity index (χ4n) is 1.82. The van der Waals surface area contributed by atoms with Crippen molar-refractivity contribution in [1.29, 1.82) is 0 Å². The summed E-state index contributed by atoms with van der Waals surface area (Å²) in [4.78, 5) is 18.1. The van der Waals surface area contributed by atoms with Gasteiger partial charge in [0.25, 0.3) is 5.91 Å². The number of hydrogen-bond donors (Lipinski definition) is 2. The molecule has 0 fully saturated rings. The predicted molar refractivity (Wildman–Crippen MR) is 89.9 cm³/mol. The van der Waals surface area contributed by atoms with E-state index in [-0.39, 0.29) is 5.91 Å². The molecule has 0 unspecified atom stereocenters. The van der Waals surface area contributed by atoms with Crippen LogP contribution in [0, 0.1) is 0 Å². The van der Waals surface area contributed by atoms with Gasteiger partial charge in [-0.2, -0.15) is 0 Å². The van der Waals surface area contributed by atoms with E-state index in [0.29, 0.717) is 17.3 Å². The number of carbonyl (C=O) groups is 1. The number of hydrogen-bond acceptors (Lipinski definition) is 4. The summed E-state index contributed by atoms with van der Waals surface area (Å²) in [6, 6.07) is 10.9. The van der Waals surface area contributed by atoms with Gasteiger partial charge in [0.15, 0.2) is 0 Å². The van der Waals surface area contributed by atoms with Gasteiger partial charge in [-0.1, -0.05) is 17.7 Å². The lowest BCUT2D eigenvalue weighted by Gasteiger charge is -2.10. The standard InChI is InChI=1S/C16H19ClN4O/c1-21(2)9-8-18-16(22)15-7-6-14(11-19-15)20-13-5-3-4-12(17)10-13/h3-7,10-11,20H,8-9H2,1-2H3,(H,18,22). The molecule has 0 radical (unpaired) electrons. The van der Waals surface area contributed by atoms with Crippen LogP contribution in [0.3, 0.4) is 0 Å². The summed E-state index contributed by atoms with van der Waals surface area (Å²) in [5.74, 6) is -0.170. The zero-order valence-electron chi connectivity index (χ0n) is 12.6. The van der Waals surface area contributed by atoms with E-state index >= 15 is 0 Å². The van der Waals surface area contributed by atoms with E-state index in [1.807, 2.05) is 49.3 Å². The average molecular weight is 319 g/mol. The van der Waals surface area contributed by atoms with Crippen LogP contribution in [0.5, 0.6) is 0 Å². The monoisotopic (exact) mass is 318 g/mol. The Labute approximate surface area is 135 Å². The average Bonchev–Trinajstić information content (AvgIpc) is 2.47. The van der Waals surface area contributed by atoms with E-state index in [4.69, 9.17) is 11.6 Å². The van der Waals surface area contributed by atoms with Crippen molar-refractivity contribution in [2.75, 3.05) is 32.5 Å². The Hall–Kier alpha value is -2.11. The molecule has 0 aliphatic carbocycles. The zero-order chi connectivity index (χ0) is 15.9. The summed E-state index contributed by atoms with van der Waals surface area (Å²) in [5.41, 5.74) is 2.07. The summed E-state index contributed by atoms with van der Waals surface area (Å²) in [7, 11) is 3.92. The van der Waals surface area contributed by atoms with Gasteiger partial charge in [-0.05, 0) is 44.4 Å². The minimum absolute atomic E-state index is 0.170. The maximum atomic E-state index is 11.9. The lowest BCUT2D eigenvalue weighted by Crippen LogP contribution is -2.31. The molecule has 1 aromatic carbocycles. The number of nitrogens with zero attached hydrogens (tertiary/aromatic N) is 2. The number of nitrogens with one attached hydrogen (secondary N) is 2. The van der Waals surface area contributed by atoms with E-state index in [1.165, 1.54) is 0 Å². The molecule has 1 heterocycles. The van der Waals surface area contributed by atoms with Gasteiger partial charge >= 0.3 is 0 Å². The first-order valence-corrected chi connectivity index (χ1v) is 7.34. The molecule has 22 heavy (non-hydrogen) atoms. The minimum atomic E-state index is -0.170. The summed E-state index contributed by atoms with van der Waals surface area (Å²) >= 11 is 5.94. The number of anilines is 2. The molecule has 1 aromatic heterocycles. The number of rotatable bonds is 6. The SMILES string of the molecule is CN(C)CCNC(=O)c1ccc(Nc2cccc(Cl)c2)cn1. The molecule has 1 amide bonds. The third-order valence-electron chi connectivity index (χ3n) is 2.95. The number of halogens is 1. The van der Waals surface area contributed by atoms with Crippen molar-refractivity contribution in [3.8, 4) is 0 Å². The van der Waals surface area contributed by atoms with Gasteiger partial charge in [-0.15, -0.1) is 0 Å². The molecule has 2 rings (SSSR count). The van der Waals surface area contributed by atoms with Gasteiger partial charge in [0, 0.05) is 23.8 Å². The highest BCUT2D eigenvalue weighted by molar-refractivity contribution is 6.30. The van der Waals surface area contributed by atoms with Crippen LogP contribution in [-0.2, 0) is 0 Å². The number of likely N-dealkylation sites (N-methyl/N-ethyl adjacent to an activating group) is 1. The Kier molecular flexibility index (Phi) is 5.75. The summed E-state index contributed by atoms with van der Waals surface area (Å²) in [6.07, 6.45) is 1.63. The first-order valence-electron chi connectivity index (χ1n) is 6.96. The quantitative estimate of drug-likeness (QED) is 0.860. The van der Waals surface area contributed by atoms with Gasteiger partial charge in [-0.25, -0.2) is 4.98 Å². The van der Waals surface area contributed by atoms with Crippen molar-refractivity contribution in [3.63, 3.8) is 0 Å². The molecular weight excluding hydrogens is 300 g/mol. The second kappa shape index (κ2) is 7.77. The molecule has 6 heteroatoms. The molecule has 0 bridgehead atoms. The zero-order valence-corrected chi connectivity index (χ0v) is 13.4. The second-order valence-corrected chi connectivity index (χ2v) is 5.56. The van der Waals surface area contributed by atoms with E-state index in [0.717, 1.165) is 17.9 Å². The van der Waals surface area contributed by atoms with Crippen LogP contribution in [0.1, 0.15) is 10.5 Å². The van der Waals surface area contributed by atoms with Crippen molar-refractivity contribution in [2.45, 2.75) is 0 Å². The van der Waals surface area contributed by atoms with Crippen LogP contribution in [0.2, 0.25) is 5.02 Å². The predicted octanol–water partition coefficient (Wildman–Crippen LogP) is 2.77. The molecule has 0 saturated heterocycles. The number of amides is 1. The molecule has 0 aliphatic heterocycles. The maximum Gasteiger partial charge on any atom is 0.269 e. The summed E-state index contributed by atoms with van der Waals surface area (Å²) in [5, 5.41) is 6.67. The third kappa shape index (κ3) is 5.02. The topological polar surface area (TPSA) is 57.3 Å². The lowest BCUT2D eigenvalue weighted by molar-refractivity contribution is 0.0946. The van der Waals surface area contributed by atoms with Gasteiger partial charge in [0.1, 0.15) is 5.69 Å². The van der Waals surface area contributed by atoms with Gasteiger partial charge < -0.3 is 15.5 Å². The van der Waals surface area contributed by atoms with Crippen LogP contribution in [-0.4, -0.2) is 43.0 Å². The minimum Gasteiger partial charge on any atom is -0.354 e. The maximum absolute atomic E-state index is 11.9. The molecule has 0 aliphatic rings. The Morgan fingerprint density at radius 3 is 2.68 bits per heavy atom. The molecule has 2 aromatic rings. The number of pyridine rings is 1. The van der Waals surface area contributed by atoms with Crippen molar-refractivity contribution in [2.24, 2.45) is 0 Å². The van der Waals surface area contributed by atoms with Crippen LogP contribution in [0.25, 0.3) is 0 Å². The van der Waals surface area contributed by atoms with Gasteiger partial charge in [0.05, 0.1) is 11.9 Å². The molecule has 2 N–H and O–H groups in total. The highest BCUT2D eigenvalue weighted by Crippen LogP contribution is 2.19. The Morgan fingerprint density at radius 2 is 2.05 bits per heavy atom. The Morgan fingerprint density at radius 1 is 1.23 bits per heavy atom. The smallest absolute Gasteiger partial charge is 0.269 e. The molecule has 5 nitrogen and oxygen atoms in total. The van der Waals surface area contributed by atoms with E-state index in [1.54, 1.807) is 12.3 Å². The fourth-order valence-corrected chi connectivity index (χ4v) is 2.01. The van der Waals surface area contributed by atoms with Crippen LogP contribution >= 0.6 is 11.6 Å². The van der Waals surface area contributed by atoms with E-state index < -0.39 is 0 Å². The summed E-state index contributed by atoms with van der Waals surface area (Å²) < 4.78 is 0. The molecule has 0 saturated carbocycles. The molecule has 0 atom stereocenters. The number of carbonyl (C=O) groups excluding carboxylic acids is 1. The van der Waals surface area contributed by atoms with Crippen molar-refractivity contribution in [1.82, 2.24) is 15.2 Å². The third-order valence-corrected chi connectivity index (χ3v) is 3.19. The van der Waals surface area contributed by atoms with Crippen molar-refractivity contribution in [3.05, 3.63) is 53.3 Å². The van der Waals surface area contributed by atoms with Gasteiger partial charge in [-0.3, -0.25) is 4.79 Å². The first kappa shape index (κ1) is 16.3. The number of benzene rings is 1. The van der Waals surface area contributed by atoms with Gasteiger partial charge in [0.2, 0.25) is 0 Å². The van der Waals surface area contributed by atoms with Crippen molar-refractivity contribution >= 4 is 28.9 Å². The fraction of sp³-hybridized carbons (Fsp3) is 0.250. The highest BCUT2D eigenvalue weighted by Gasteiger charge is 2.06. The van der Waals surface area contributed by atoms with Crippen molar-refractivity contribution < 1.29 is 4.79 Å².